The van der Waals surface area contributed by atoms with Crippen molar-refractivity contribution in [3.63, 3.8) is 0 Å². The Kier molecular flexibility index (Phi) is 4.25. The summed E-state index contributed by atoms with van der Waals surface area (Å²) in [7, 11) is 0. The van der Waals surface area contributed by atoms with Crippen LogP contribution in [0.25, 0.3) is 0 Å². The van der Waals surface area contributed by atoms with Crippen LogP contribution in [0.3, 0.4) is 0 Å². The van der Waals surface area contributed by atoms with E-state index >= 15 is 0 Å². The highest BCUT2D eigenvalue weighted by Gasteiger charge is 2.16. The molecule has 0 fully saturated rings. The molecular formula is C11H17N3O3. The molecule has 1 rings (SSSR count). The van der Waals surface area contributed by atoms with E-state index in [1.165, 1.54) is 12.4 Å². The molecule has 1 aromatic heterocycles. The minimum Gasteiger partial charge on any atom is -0.477 e. The average Bonchev–Trinajstić information content (AvgIpc) is 2.18. The van der Waals surface area contributed by atoms with Gasteiger partial charge in [-0.05, 0) is 27.7 Å². The van der Waals surface area contributed by atoms with Crippen LogP contribution in [0, 0.1) is 0 Å². The summed E-state index contributed by atoms with van der Waals surface area (Å²) in [6, 6.07) is 0. The summed E-state index contributed by atoms with van der Waals surface area (Å²) in [5, 5.41) is 2.48. The molecule has 6 nitrogen and oxygen atoms in total. The molecule has 1 amide bonds. The van der Waals surface area contributed by atoms with Gasteiger partial charge in [-0.15, -0.1) is 0 Å². The summed E-state index contributed by atoms with van der Waals surface area (Å²) < 4.78 is 10.2. The lowest BCUT2D eigenvalue weighted by molar-refractivity contribution is 0.0635. The van der Waals surface area contributed by atoms with Gasteiger partial charge in [-0.2, -0.15) is 0 Å². The average molecular weight is 239 g/mol. The third-order valence-electron chi connectivity index (χ3n) is 1.55. The first-order chi connectivity index (χ1) is 7.90. The lowest BCUT2D eigenvalue weighted by Crippen LogP contribution is -2.27. The van der Waals surface area contributed by atoms with Gasteiger partial charge >= 0.3 is 6.09 Å². The van der Waals surface area contributed by atoms with Gasteiger partial charge in [-0.3, -0.25) is 5.32 Å². The minimum atomic E-state index is -0.559. The van der Waals surface area contributed by atoms with E-state index < -0.39 is 11.7 Å². The molecule has 1 N–H and O–H groups in total. The van der Waals surface area contributed by atoms with Crippen molar-refractivity contribution in [1.29, 1.82) is 0 Å². The zero-order valence-electron chi connectivity index (χ0n) is 10.5. The molecule has 0 spiro atoms. The first-order valence-electron chi connectivity index (χ1n) is 5.35. The van der Waals surface area contributed by atoms with Crippen LogP contribution in [0.15, 0.2) is 12.4 Å². The predicted octanol–water partition coefficient (Wildman–Crippen LogP) is 2.22. The molecule has 1 heterocycles. The van der Waals surface area contributed by atoms with Crippen molar-refractivity contribution in [1.82, 2.24) is 9.97 Å². The van der Waals surface area contributed by atoms with Gasteiger partial charge in [0.15, 0.2) is 5.82 Å². The van der Waals surface area contributed by atoms with Gasteiger partial charge in [0.25, 0.3) is 0 Å². The topological polar surface area (TPSA) is 73.3 Å². The van der Waals surface area contributed by atoms with Gasteiger partial charge in [0.1, 0.15) is 5.60 Å². The Hall–Kier alpha value is -1.85. The van der Waals surface area contributed by atoms with Crippen molar-refractivity contribution in [2.45, 2.75) is 33.3 Å². The van der Waals surface area contributed by atoms with E-state index in [2.05, 4.69) is 15.3 Å². The van der Waals surface area contributed by atoms with Gasteiger partial charge in [0, 0.05) is 0 Å². The SMILES string of the molecule is CCOc1cnc(NC(=O)OC(C)(C)C)cn1. The van der Waals surface area contributed by atoms with E-state index in [1.54, 1.807) is 20.8 Å². The number of ether oxygens (including phenoxy) is 2. The van der Waals surface area contributed by atoms with Gasteiger partial charge < -0.3 is 9.47 Å². The fourth-order valence-corrected chi connectivity index (χ4v) is 1.01. The lowest BCUT2D eigenvalue weighted by Gasteiger charge is -2.19. The summed E-state index contributed by atoms with van der Waals surface area (Å²) in [5.74, 6) is 0.741. The summed E-state index contributed by atoms with van der Waals surface area (Å²) in [5.41, 5.74) is -0.539. The highest BCUT2D eigenvalue weighted by Crippen LogP contribution is 2.11. The summed E-state index contributed by atoms with van der Waals surface area (Å²) in [6.07, 6.45) is 2.29. The molecular weight excluding hydrogens is 222 g/mol. The number of carbonyl (C=O) groups excluding carboxylic acids is 1. The van der Waals surface area contributed by atoms with Crippen molar-refractivity contribution in [2.75, 3.05) is 11.9 Å². The maximum absolute atomic E-state index is 11.4. The monoisotopic (exact) mass is 239 g/mol. The molecule has 94 valence electrons. The zero-order chi connectivity index (χ0) is 12.9. The van der Waals surface area contributed by atoms with E-state index in [0.29, 0.717) is 18.3 Å². The molecule has 17 heavy (non-hydrogen) atoms. The number of nitrogens with zero attached hydrogens (tertiary/aromatic N) is 2. The zero-order valence-corrected chi connectivity index (χ0v) is 10.5. The van der Waals surface area contributed by atoms with Crippen LogP contribution >= 0.6 is 0 Å². The Balaban J connectivity index is 2.54. The van der Waals surface area contributed by atoms with E-state index in [4.69, 9.17) is 9.47 Å². The Morgan fingerprint density at radius 3 is 2.53 bits per heavy atom. The Bertz CT molecular complexity index is 371. The van der Waals surface area contributed by atoms with Crippen LogP contribution in [0.1, 0.15) is 27.7 Å². The highest BCUT2D eigenvalue weighted by atomic mass is 16.6. The van der Waals surface area contributed by atoms with Gasteiger partial charge in [-0.1, -0.05) is 0 Å². The number of rotatable bonds is 3. The number of anilines is 1. The number of hydrogen-bond donors (Lipinski definition) is 1. The van der Waals surface area contributed by atoms with Crippen molar-refractivity contribution < 1.29 is 14.3 Å². The van der Waals surface area contributed by atoms with Gasteiger partial charge in [-0.25, -0.2) is 14.8 Å². The maximum Gasteiger partial charge on any atom is 0.413 e. The standard InChI is InChI=1S/C11H17N3O3/c1-5-16-9-7-12-8(6-13-9)14-10(15)17-11(2,3)4/h6-7H,5H2,1-4H3,(H,12,14,15). The van der Waals surface area contributed by atoms with Crippen LogP contribution in [-0.4, -0.2) is 28.3 Å². The Labute approximate surface area is 100 Å². The molecule has 1 aromatic rings. The third-order valence-corrected chi connectivity index (χ3v) is 1.55. The molecule has 0 unspecified atom stereocenters. The maximum atomic E-state index is 11.4. The van der Waals surface area contributed by atoms with Crippen molar-refractivity contribution >= 4 is 11.9 Å². The molecule has 0 saturated heterocycles. The predicted molar refractivity (Wildman–Crippen MR) is 63.1 cm³/mol. The number of carbonyl (C=O) groups is 1. The largest absolute Gasteiger partial charge is 0.477 e. The van der Waals surface area contributed by atoms with Crippen molar-refractivity contribution in [3.8, 4) is 5.88 Å². The van der Waals surface area contributed by atoms with E-state index in [1.807, 2.05) is 6.92 Å². The van der Waals surface area contributed by atoms with Crippen LogP contribution < -0.4 is 10.1 Å². The summed E-state index contributed by atoms with van der Waals surface area (Å²) in [6.45, 7) is 7.74. The molecule has 0 atom stereocenters. The molecule has 0 saturated carbocycles. The quantitative estimate of drug-likeness (QED) is 0.875. The molecule has 0 aliphatic rings. The highest BCUT2D eigenvalue weighted by molar-refractivity contribution is 5.83. The van der Waals surface area contributed by atoms with E-state index in [0.717, 1.165) is 0 Å². The molecule has 0 aromatic carbocycles. The Morgan fingerprint density at radius 1 is 1.35 bits per heavy atom. The third kappa shape index (κ3) is 5.14. The number of hydrogen-bond acceptors (Lipinski definition) is 5. The van der Waals surface area contributed by atoms with Crippen LogP contribution in [0.5, 0.6) is 5.88 Å². The second-order valence-corrected chi connectivity index (χ2v) is 4.30. The number of aromatic nitrogens is 2. The van der Waals surface area contributed by atoms with Gasteiger partial charge in [0.2, 0.25) is 5.88 Å². The lowest BCUT2D eigenvalue weighted by atomic mass is 10.2. The van der Waals surface area contributed by atoms with Crippen molar-refractivity contribution in [3.05, 3.63) is 12.4 Å². The summed E-state index contributed by atoms with van der Waals surface area (Å²) in [4.78, 5) is 19.3. The fourth-order valence-electron chi connectivity index (χ4n) is 1.01. The van der Waals surface area contributed by atoms with Crippen LogP contribution in [-0.2, 0) is 4.74 Å². The first-order valence-corrected chi connectivity index (χ1v) is 5.35. The summed E-state index contributed by atoms with van der Waals surface area (Å²) >= 11 is 0. The van der Waals surface area contributed by atoms with Gasteiger partial charge in [0.05, 0.1) is 19.0 Å². The molecule has 0 aliphatic heterocycles. The van der Waals surface area contributed by atoms with Crippen molar-refractivity contribution in [2.24, 2.45) is 0 Å². The van der Waals surface area contributed by atoms with Crippen LogP contribution in [0.2, 0.25) is 0 Å². The minimum absolute atomic E-state index is 0.322. The smallest absolute Gasteiger partial charge is 0.413 e. The van der Waals surface area contributed by atoms with E-state index in [-0.39, 0.29) is 0 Å². The Morgan fingerprint density at radius 2 is 2.06 bits per heavy atom. The second-order valence-electron chi connectivity index (χ2n) is 4.30. The number of amides is 1. The number of nitrogens with one attached hydrogen (secondary N) is 1. The second kappa shape index (κ2) is 5.47. The van der Waals surface area contributed by atoms with Crippen LogP contribution in [0.4, 0.5) is 10.6 Å². The van der Waals surface area contributed by atoms with E-state index in [9.17, 15) is 4.79 Å². The molecule has 0 bridgehead atoms. The first kappa shape index (κ1) is 13.2. The molecule has 0 aliphatic carbocycles. The molecule has 6 heteroatoms. The normalized spacial score (nSPS) is 10.8. The molecule has 0 radical (unpaired) electrons. The fraction of sp³-hybridized carbons (Fsp3) is 0.545.